The zero-order valence-corrected chi connectivity index (χ0v) is 13.5. The van der Waals surface area contributed by atoms with Crippen LogP contribution < -0.4 is 0 Å². The smallest absolute Gasteiger partial charge is 0.196 e. The molecule has 2 aliphatic heterocycles. The lowest BCUT2D eigenvalue weighted by molar-refractivity contribution is -0.136. The summed E-state index contributed by atoms with van der Waals surface area (Å²) < 4.78 is 11.9. The number of carbonyl (C=O) groups excluding carboxylic acids is 1. The molecule has 0 unspecified atom stereocenters. The predicted octanol–water partition coefficient (Wildman–Crippen LogP) is 2.34. The molecule has 0 spiro atoms. The van der Waals surface area contributed by atoms with Gasteiger partial charge in [0, 0.05) is 23.8 Å². The highest BCUT2D eigenvalue weighted by Gasteiger charge is 2.59. The van der Waals surface area contributed by atoms with Crippen molar-refractivity contribution in [2.24, 2.45) is 11.8 Å². The second-order valence-electron chi connectivity index (χ2n) is 7.37. The van der Waals surface area contributed by atoms with Crippen LogP contribution in [0.15, 0.2) is 23.5 Å². The fraction of sp³-hybridized carbons (Fsp3) is 0.706. The molecule has 1 N–H and O–H groups in total. The summed E-state index contributed by atoms with van der Waals surface area (Å²) in [5.41, 5.74) is 0.00972. The van der Waals surface area contributed by atoms with Crippen LogP contribution in [0.5, 0.6) is 0 Å². The maximum absolute atomic E-state index is 12.7. The van der Waals surface area contributed by atoms with E-state index in [1.165, 1.54) is 0 Å². The van der Waals surface area contributed by atoms with Gasteiger partial charge in [-0.25, -0.2) is 0 Å². The van der Waals surface area contributed by atoms with E-state index in [0.29, 0.717) is 30.1 Å². The zero-order chi connectivity index (χ0) is 15.7. The van der Waals surface area contributed by atoms with Crippen LogP contribution in [-0.2, 0) is 14.3 Å². The Morgan fingerprint density at radius 2 is 2.32 bits per heavy atom. The highest BCUT2D eigenvalue weighted by Crippen LogP contribution is 2.55. The molecule has 22 heavy (non-hydrogen) atoms. The molecular weight excluding hydrogens is 304 g/mol. The Kier molecular flexibility index (Phi) is 3.07. The molecule has 2 fully saturated rings. The molecule has 1 saturated carbocycles. The summed E-state index contributed by atoms with van der Waals surface area (Å²) in [6.45, 7) is 6.28. The van der Waals surface area contributed by atoms with E-state index in [1.54, 1.807) is 0 Å². The number of allylic oxidation sites excluding steroid dienone is 1. The third kappa shape index (κ3) is 1.81. The summed E-state index contributed by atoms with van der Waals surface area (Å²) in [7, 11) is 0. The van der Waals surface area contributed by atoms with E-state index in [2.05, 4.69) is 13.5 Å². The van der Waals surface area contributed by atoms with E-state index in [9.17, 15) is 9.90 Å². The Hall–Kier alpha value is -0.840. The summed E-state index contributed by atoms with van der Waals surface area (Å²) in [6, 6.07) is 0. The van der Waals surface area contributed by atoms with Gasteiger partial charge in [-0.05, 0) is 32.1 Å². The van der Waals surface area contributed by atoms with Crippen molar-refractivity contribution in [3.63, 3.8) is 0 Å². The van der Waals surface area contributed by atoms with Crippen LogP contribution in [0, 0.1) is 11.8 Å². The molecule has 120 valence electrons. The van der Waals surface area contributed by atoms with Crippen molar-refractivity contribution in [3.05, 3.63) is 23.5 Å². The van der Waals surface area contributed by atoms with Gasteiger partial charge in [0.05, 0.1) is 6.61 Å². The number of carbonyl (C=O) groups is 1. The van der Waals surface area contributed by atoms with Gasteiger partial charge in [-0.3, -0.25) is 4.79 Å². The Morgan fingerprint density at radius 3 is 3.05 bits per heavy atom. The van der Waals surface area contributed by atoms with E-state index >= 15 is 0 Å². The van der Waals surface area contributed by atoms with Crippen LogP contribution in [0.4, 0.5) is 0 Å². The third-order valence-corrected chi connectivity index (χ3v) is 6.36. The monoisotopic (exact) mass is 324 g/mol. The van der Waals surface area contributed by atoms with Crippen LogP contribution in [0.1, 0.15) is 32.6 Å². The van der Waals surface area contributed by atoms with Gasteiger partial charge in [0.1, 0.15) is 17.5 Å². The van der Waals surface area contributed by atoms with Gasteiger partial charge >= 0.3 is 0 Å². The molecule has 2 bridgehead atoms. The van der Waals surface area contributed by atoms with E-state index < -0.39 is 5.60 Å². The number of ketones is 1. The van der Waals surface area contributed by atoms with Crippen molar-refractivity contribution in [3.8, 4) is 0 Å². The van der Waals surface area contributed by atoms with Crippen LogP contribution in [0.3, 0.4) is 0 Å². The molecule has 4 aliphatic rings. The van der Waals surface area contributed by atoms with Gasteiger partial charge in [0.15, 0.2) is 11.4 Å². The first-order chi connectivity index (χ1) is 10.4. The topological polar surface area (TPSA) is 55.8 Å². The number of halogens is 1. The van der Waals surface area contributed by atoms with Crippen LogP contribution in [0.2, 0.25) is 0 Å². The fourth-order valence-electron chi connectivity index (χ4n) is 4.70. The number of aliphatic hydroxyl groups is 1. The summed E-state index contributed by atoms with van der Waals surface area (Å²) in [4.78, 5) is 12.7. The molecular formula is C17H21ClO4. The second-order valence-corrected chi connectivity index (χ2v) is 7.64. The summed E-state index contributed by atoms with van der Waals surface area (Å²) >= 11 is 5.97. The van der Waals surface area contributed by atoms with Crippen molar-refractivity contribution in [1.82, 2.24) is 0 Å². The third-order valence-electron chi connectivity index (χ3n) is 6.02. The average Bonchev–Trinajstić information content (AvgIpc) is 3.02. The van der Waals surface area contributed by atoms with Crippen molar-refractivity contribution in [2.75, 3.05) is 12.5 Å². The van der Waals surface area contributed by atoms with E-state index in [0.717, 1.165) is 18.4 Å². The SMILES string of the molecule is C=C(CCl)[C@@H]1CC[C@@]2(C)OC3=C(C[C@@H]12)C(=O)[C@]1(O)CO[C@H]3C1. The fourth-order valence-corrected chi connectivity index (χ4v) is 4.89. The molecule has 0 aromatic heterocycles. The number of alkyl halides is 1. The molecule has 5 heteroatoms. The van der Waals surface area contributed by atoms with E-state index in [1.807, 2.05) is 0 Å². The van der Waals surface area contributed by atoms with Gasteiger partial charge in [-0.15, -0.1) is 11.6 Å². The van der Waals surface area contributed by atoms with Crippen molar-refractivity contribution >= 4 is 17.4 Å². The summed E-state index contributed by atoms with van der Waals surface area (Å²) in [5.74, 6) is 1.37. The lowest BCUT2D eigenvalue weighted by Gasteiger charge is -2.44. The Morgan fingerprint density at radius 1 is 1.55 bits per heavy atom. The van der Waals surface area contributed by atoms with E-state index in [4.69, 9.17) is 21.1 Å². The number of hydrogen-bond acceptors (Lipinski definition) is 4. The van der Waals surface area contributed by atoms with Gasteiger partial charge in [0.2, 0.25) is 0 Å². The number of fused-ring (bicyclic) bond motifs is 4. The number of hydrogen-bond donors (Lipinski definition) is 1. The van der Waals surface area contributed by atoms with Crippen molar-refractivity contribution in [1.29, 1.82) is 0 Å². The highest BCUT2D eigenvalue weighted by molar-refractivity contribution is 6.19. The number of Topliss-reactive ketones (excluding diaryl/α,β-unsaturated/α-hetero) is 1. The molecule has 0 radical (unpaired) electrons. The zero-order valence-electron chi connectivity index (χ0n) is 12.7. The van der Waals surface area contributed by atoms with Gasteiger partial charge in [-0.2, -0.15) is 0 Å². The highest BCUT2D eigenvalue weighted by atomic mass is 35.5. The minimum Gasteiger partial charge on any atom is -0.488 e. The first-order valence-corrected chi connectivity index (χ1v) is 8.46. The minimum absolute atomic E-state index is 0.0755. The molecule has 0 amide bonds. The number of ether oxygens (including phenoxy) is 2. The predicted molar refractivity (Wildman–Crippen MR) is 81.5 cm³/mol. The maximum atomic E-state index is 12.7. The Labute approximate surface area is 135 Å². The molecule has 0 aromatic carbocycles. The maximum Gasteiger partial charge on any atom is 0.196 e. The largest absolute Gasteiger partial charge is 0.488 e. The Bertz CT molecular complexity index is 597. The lowest BCUT2D eigenvalue weighted by Crippen LogP contribution is -2.49. The summed E-state index contributed by atoms with van der Waals surface area (Å²) in [6.07, 6.45) is 2.60. The van der Waals surface area contributed by atoms with Crippen LogP contribution >= 0.6 is 11.6 Å². The lowest BCUT2D eigenvalue weighted by atomic mass is 9.72. The minimum atomic E-state index is -1.35. The standard InChI is InChI=1S/C17H21ClO4/c1-9(7-18)10-3-4-16(2)12(10)5-11-14(22-16)13-6-17(20,8-21-13)15(11)19/h10,12-13,20H,1,3-8H2,2H3/t10-,12-,13-,16+,17+/m0/s1. The molecule has 4 nitrogen and oxygen atoms in total. The van der Waals surface area contributed by atoms with E-state index in [-0.39, 0.29) is 35.9 Å². The molecule has 0 aromatic rings. The first kappa shape index (κ1) is 14.7. The molecule has 2 aliphatic carbocycles. The van der Waals surface area contributed by atoms with Gasteiger partial charge in [0.25, 0.3) is 0 Å². The van der Waals surface area contributed by atoms with Crippen molar-refractivity contribution < 1.29 is 19.4 Å². The quantitative estimate of drug-likeness (QED) is 0.626. The Balaban J connectivity index is 1.72. The molecule has 1 saturated heterocycles. The average molecular weight is 325 g/mol. The normalized spacial score (nSPS) is 46.3. The summed E-state index contributed by atoms with van der Waals surface area (Å²) in [5, 5.41) is 10.5. The van der Waals surface area contributed by atoms with Gasteiger partial charge in [-0.1, -0.05) is 12.2 Å². The van der Waals surface area contributed by atoms with Gasteiger partial charge < -0.3 is 14.6 Å². The molecule has 4 rings (SSSR count). The van der Waals surface area contributed by atoms with Crippen LogP contribution in [0.25, 0.3) is 0 Å². The van der Waals surface area contributed by atoms with Crippen LogP contribution in [-0.4, -0.2) is 40.7 Å². The second kappa shape index (κ2) is 4.59. The van der Waals surface area contributed by atoms with Crippen molar-refractivity contribution in [2.45, 2.75) is 49.9 Å². The number of rotatable bonds is 2. The first-order valence-electron chi connectivity index (χ1n) is 7.92. The molecule has 5 atom stereocenters. The molecule has 2 heterocycles.